The molecule has 2 aromatic carbocycles. The SMILES string of the molecule is O=C(Nc1ccccc1)Nc1c(Br)cc(Br)cc1-c1nn[nH]n1. The summed E-state index contributed by atoms with van der Waals surface area (Å²) in [6, 6.07) is 12.4. The Hall–Kier alpha value is -2.26. The van der Waals surface area contributed by atoms with E-state index in [-0.39, 0.29) is 6.03 Å². The van der Waals surface area contributed by atoms with Gasteiger partial charge in [0.1, 0.15) is 0 Å². The third-order valence-corrected chi connectivity index (χ3v) is 3.99. The van der Waals surface area contributed by atoms with Crippen molar-refractivity contribution < 1.29 is 4.79 Å². The van der Waals surface area contributed by atoms with E-state index in [2.05, 4.69) is 63.1 Å². The number of aromatic nitrogens is 4. The molecule has 3 aromatic rings. The van der Waals surface area contributed by atoms with Crippen molar-refractivity contribution in [2.75, 3.05) is 10.6 Å². The second-order valence-corrected chi connectivity index (χ2v) is 6.26. The van der Waals surface area contributed by atoms with E-state index in [1.54, 1.807) is 18.2 Å². The Morgan fingerprint density at radius 1 is 1.09 bits per heavy atom. The highest BCUT2D eigenvalue weighted by Crippen LogP contribution is 2.35. The Labute approximate surface area is 148 Å². The monoisotopic (exact) mass is 436 g/mol. The standard InChI is InChI=1S/C14H10Br2N6O/c15-8-6-10(13-19-21-22-20-13)12(11(16)7-8)18-14(23)17-9-4-2-1-3-5-9/h1-7H,(H2,17,18,23)(H,19,20,21,22). The second-order valence-electron chi connectivity index (χ2n) is 4.49. The number of nitrogens with zero attached hydrogens (tertiary/aromatic N) is 3. The van der Waals surface area contributed by atoms with Crippen LogP contribution >= 0.6 is 31.9 Å². The summed E-state index contributed by atoms with van der Waals surface area (Å²) in [5.41, 5.74) is 1.87. The predicted molar refractivity (Wildman–Crippen MR) is 94.1 cm³/mol. The topological polar surface area (TPSA) is 95.6 Å². The number of urea groups is 1. The van der Waals surface area contributed by atoms with Gasteiger partial charge in [-0.05, 0) is 45.4 Å². The molecule has 0 aliphatic carbocycles. The van der Waals surface area contributed by atoms with Gasteiger partial charge in [-0.15, -0.1) is 10.2 Å². The van der Waals surface area contributed by atoms with Crippen molar-refractivity contribution in [3.05, 3.63) is 51.4 Å². The van der Waals surface area contributed by atoms with Gasteiger partial charge in [-0.1, -0.05) is 34.1 Å². The Morgan fingerprint density at radius 3 is 2.57 bits per heavy atom. The normalized spacial score (nSPS) is 10.3. The highest BCUT2D eigenvalue weighted by Gasteiger charge is 2.16. The third-order valence-electron chi connectivity index (χ3n) is 2.91. The van der Waals surface area contributed by atoms with Crippen molar-refractivity contribution in [2.24, 2.45) is 0 Å². The number of anilines is 2. The molecule has 116 valence electrons. The molecule has 0 unspecified atom stereocenters. The first-order valence-electron chi connectivity index (χ1n) is 6.49. The van der Waals surface area contributed by atoms with Gasteiger partial charge in [0.25, 0.3) is 0 Å². The number of rotatable bonds is 3. The number of benzene rings is 2. The van der Waals surface area contributed by atoms with E-state index in [4.69, 9.17) is 0 Å². The van der Waals surface area contributed by atoms with Crippen LogP contribution in [0.2, 0.25) is 0 Å². The minimum atomic E-state index is -0.371. The zero-order chi connectivity index (χ0) is 16.2. The van der Waals surface area contributed by atoms with Crippen LogP contribution in [0.15, 0.2) is 51.4 Å². The van der Waals surface area contributed by atoms with Crippen LogP contribution < -0.4 is 10.6 Å². The van der Waals surface area contributed by atoms with Crippen LogP contribution in [-0.2, 0) is 0 Å². The van der Waals surface area contributed by atoms with Crippen LogP contribution in [0.25, 0.3) is 11.4 Å². The van der Waals surface area contributed by atoms with Gasteiger partial charge in [-0.2, -0.15) is 5.21 Å². The average Bonchev–Trinajstić information content (AvgIpc) is 3.05. The molecule has 0 radical (unpaired) electrons. The van der Waals surface area contributed by atoms with E-state index >= 15 is 0 Å². The molecule has 23 heavy (non-hydrogen) atoms. The zero-order valence-electron chi connectivity index (χ0n) is 11.5. The molecule has 0 saturated carbocycles. The lowest BCUT2D eigenvalue weighted by Gasteiger charge is -2.13. The van der Waals surface area contributed by atoms with E-state index in [9.17, 15) is 4.79 Å². The first kappa shape index (κ1) is 15.6. The number of carbonyl (C=O) groups excluding carboxylic acids is 1. The maximum Gasteiger partial charge on any atom is 0.323 e. The minimum absolute atomic E-state index is 0.371. The first-order valence-corrected chi connectivity index (χ1v) is 8.08. The van der Waals surface area contributed by atoms with Crippen LogP contribution in [0.4, 0.5) is 16.2 Å². The molecular weight excluding hydrogens is 428 g/mol. The number of amides is 2. The van der Waals surface area contributed by atoms with Gasteiger partial charge in [0.05, 0.1) is 5.69 Å². The second kappa shape index (κ2) is 6.88. The van der Waals surface area contributed by atoms with Crippen molar-refractivity contribution in [1.29, 1.82) is 0 Å². The van der Waals surface area contributed by atoms with Crippen molar-refractivity contribution >= 4 is 49.3 Å². The van der Waals surface area contributed by atoms with Crippen LogP contribution in [0, 0.1) is 0 Å². The quantitative estimate of drug-likeness (QED) is 0.576. The van der Waals surface area contributed by atoms with E-state index in [1.165, 1.54) is 0 Å². The van der Waals surface area contributed by atoms with Crippen LogP contribution in [0.3, 0.4) is 0 Å². The molecule has 0 atom stereocenters. The molecule has 1 heterocycles. The number of nitrogens with one attached hydrogen (secondary N) is 3. The molecule has 0 spiro atoms. The van der Waals surface area contributed by atoms with Crippen molar-refractivity contribution in [3.8, 4) is 11.4 Å². The number of aromatic amines is 1. The van der Waals surface area contributed by atoms with Crippen LogP contribution in [0.5, 0.6) is 0 Å². The minimum Gasteiger partial charge on any atom is -0.308 e. The molecule has 0 saturated heterocycles. The van der Waals surface area contributed by atoms with Gasteiger partial charge in [-0.3, -0.25) is 0 Å². The molecule has 3 N–H and O–H groups in total. The summed E-state index contributed by atoms with van der Waals surface area (Å²) in [6.07, 6.45) is 0. The summed E-state index contributed by atoms with van der Waals surface area (Å²) in [6.45, 7) is 0. The van der Waals surface area contributed by atoms with Crippen LogP contribution in [-0.4, -0.2) is 26.7 Å². The molecular formula is C14H10Br2N6O. The summed E-state index contributed by atoms with van der Waals surface area (Å²) in [7, 11) is 0. The number of hydrogen-bond acceptors (Lipinski definition) is 4. The number of hydrogen-bond donors (Lipinski definition) is 3. The lowest BCUT2D eigenvalue weighted by atomic mass is 10.1. The van der Waals surface area contributed by atoms with Crippen LogP contribution in [0.1, 0.15) is 0 Å². The fourth-order valence-electron chi connectivity index (χ4n) is 1.95. The van der Waals surface area contributed by atoms with Gasteiger partial charge in [0.15, 0.2) is 0 Å². The van der Waals surface area contributed by atoms with E-state index in [0.717, 1.165) is 4.47 Å². The number of tetrazole rings is 1. The van der Waals surface area contributed by atoms with E-state index < -0.39 is 0 Å². The van der Waals surface area contributed by atoms with E-state index in [1.807, 2.05) is 24.3 Å². The largest absolute Gasteiger partial charge is 0.323 e. The van der Waals surface area contributed by atoms with Gasteiger partial charge in [0, 0.05) is 20.2 Å². The van der Waals surface area contributed by atoms with Crippen molar-refractivity contribution in [3.63, 3.8) is 0 Å². The fourth-order valence-corrected chi connectivity index (χ4v) is 3.27. The molecule has 7 nitrogen and oxygen atoms in total. The molecule has 2 amide bonds. The molecule has 3 rings (SSSR count). The number of halogens is 2. The first-order chi connectivity index (χ1) is 11.1. The zero-order valence-corrected chi connectivity index (χ0v) is 14.7. The summed E-state index contributed by atoms with van der Waals surface area (Å²) >= 11 is 6.85. The molecule has 1 aromatic heterocycles. The summed E-state index contributed by atoms with van der Waals surface area (Å²) in [5.74, 6) is 0.377. The number of para-hydroxylation sites is 1. The molecule has 0 aliphatic rings. The molecule has 9 heteroatoms. The third kappa shape index (κ3) is 3.74. The van der Waals surface area contributed by atoms with Gasteiger partial charge in [-0.25, -0.2) is 4.79 Å². The van der Waals surface area contributed by atoms with Gasteiger partial charge in [0.2, 0.25) is 5.82 Å². The Bertz CT molecular complexity index is 823. The summed E-state index contributed by atoms with van der Waals surface area (Å²) in [5, 5.41) is 19.4. The maximum absolute atomic E-state index is 12.2. The van der Waals surface area contributed by atoms with Crippen molar-refractivity contribution in [1.82, 2.24) is 20.6 Å². The van der Waals surface area contributed by atoms with Gasteiger partial charge >= 0.3 is 6.03 Å². The Kier molecular flexibility index (Phi) is 4.68. The van der Waals surface area contributed by atoms with E-state index in [0.29, 0.717) is 27.2 Å². The predicted octanol–water partition coefficient (Wildman–Crippen LogP) is 4.04. The Morgan fingerprint density at radius 2 is 1.87 bits per heavy atom. The highest BCUT2D eigenvalue weighted by atomic mass is 79.9. The lowest BCUT2D eigenvalue weighted by Crippen LogP contribution is -2.20. The maximum atomic E-state index is 12.2. The summed E-state index contributed by atoms with van der Waals surface area (Å²) in [4.78, 5) is 12.2. The molecule has 0 aliphatic heterocycles. The Balaban J connectivity index is 1.89. The molecule has 0 bridgehead atoms. The fraction of sp³-hybridized carbons (Fsp3) is 0. The number of H-pyrrole nitrogens is 1. The smallest absolute Gasteiger partial charge is 0.308 e. The van der Waals surface area contributed by atoms with Crippen molar-refractivity contribution in [2.45, 2.75) is 0 Å². The molecule has 0 fully saturated rings. The summed E-state index contributed by atoms with van der Waals surface area (Å²) < 4.78 is 1.51. The lowest BCUT2D eigenvalue weighted by molar-refractivity contribution is 0.262. The van der Waals surface area contributed by atoms with Gasteiger partial charge < -0.3 is 10.6 Å². The number of carbonyl (C=O) groups is 1. The average molecular weight is 438 g/mol. The highest BCUT2D eigenvalue weighted by molar-refractivity contribution is 9.11.